The molecular formula is C16H16N4O2S. The lowest BCUT2D eigenvalue weighted by molar-refractivity contribution is 0.0398. The Bertz CT molecular complexity index is 787. The van der Waals surface area contributed by atoms with Crippen LogP contribution in [0.1, 0.15) is 17.5 Å². The summed E-state index contributed by atoms with van der Waals surface area (Å²) >= 11 is 1.69. The standard InChI is InChI=1S/C16H16N4O2S/c1-11-18-16(22-19-11)13-3-2-5-17-15(13)20-6-7-21-14(9-20)12-4-8-23-10-12/h2-5,8,10,14H,6-7,9H2,1H3/t14-/m0/s1. The summed E-state index contributed by atoms with van der Waals surface area (Å²) in [6.45, 7) is 4.02. The van der Waals surface area contributed by atoms with Crippen molar-refractivity contribution in [2.75, 3.05) is 24.6 Å². The molecule has 0 aliphatic carbocycles. The van der Waals surface area contributed by atoms with Gasteiger partial charge in [0.15, 0.2) is 5.82 Å². The van der Waals surface area contributed by atoms with Crippen molar-refractivity contribution in [1.29, 1.82) is 0 Å². The number of nitrogens with zero attached hydrogens (tertiary/aromatic N) is 4. The molecule has 118 valence electrons. The molecule has 0 spiro atoms. The van der Waals surface area contributed by atoms with Gasteiger partial charge < -0.3 is 14.2 Å². The average molecular weight is 328 g/mol. The Balaban J connectivity index is 1.65. The smallest absolute Gasteiger partial charge is 0.261 e. The van der Waals surface area contributed by atoms with Gasteiger partial charge in [-0.05, 0) is 41.4 Å². The molecule has 1 atom stereocenters. The van der Waals surface area contributed by atoms with Crippen molar-refractivity contribution in [3.63, 3.8) is 0 Å². The van der Waals surface area contributed by atoms with Crippen LogP contribution >= 0.6 is 11.3 Å². The van der Waals surface area contributed by atoms with Crippen LogP contribution < -0.4 is 4.90 Å². The highest BCUT2D eigenvalue weighted by atomic mass is 32.1. The SMILES string of the molecule is Cc1noc(-c2cccnc2N2CCO[C@H](c3ccsc3)C2)n1. The fraction of sp³-hybridized carbons (Fsp3) is 0.312. The topological polar surface area (TPSA) is 64.3 Å². The van der Waals surface area contributed by atoms with Crippen LogP contribution in [0.5, 0.6) is 0 Å². The first-order valence-electron chi connectivity index (χ1n) is 7.45. The number of hydrogen-bond donors (Lipinski definition) is 0. The molecule has 4 rings (SSSR count). The molecule has 0 radical (unpaired) electrons. The van der Waals surface area contributed by atoms with E-state index >= 15 is 0 Å². The van der Waals surface area contributed by atoms with Crippen molar-refractivity contribution in [2.45, 2.75) is 13.0 Å². The summed E-state index contributed by atoms with van der Waals surface area (Å²) in [6, 6.07) is 5.96. The maximum absolute atomic E-state index is 5.91. The average Bonchev–Trinajstić information content (AvgIpc) is 3.27. The van der Waals surface area contributed by atoms with Gasteiger partial charge in [-0.1, -0.05) is 5.16 Å². The molecule has 6 nitrogen and oxygen atoms in total. The number of anilines is 1. The first-order valence-corrected chi connectivity index (χ1v) is 8.40. The Labute approximate surface area is 137 Å². The molecule has 0 saturated carbocycles. The van der Waals surface area contributed by atoms with Crippen LogP contribution in [0, 0.1) is 6.92 Å². The fourth-order valence-corrected chi connectivity index (χ4v) is 3.43. The normalized spacial score (nSPS) is 18.3. The number of hydrogen-bond acceptors (Lipinski definition) is 7. The highest BCUT2D eigenvalue weighted by Crippen LogP contribution is 2.32. The molecule has 1 aliphatic heterocycles. The Kier molecular flexibility index (Phi) is 3.80. The molecule has 7 heteroatoms. The van der Waals surface area contributed by atoms with E-state index in [1.807, 2.05) is 19.1 Å². The third-order valence-electron chi connectivity index (χ3n) is 3.83. The summed E-state index contributed by atoms with van der Waals surface area (Å²) in [5, 5.41) is 8.09. The second-order valence-corrected chi connectivity index (χ2v) is 6.16. The number of pyridine rings is 1. The van der Waals surface area contributed by atoms with Gasteiger partial charge in [-0.2, -0.15) is 16.3 Å². The van der Waals surface area contributed by atoms with Crippen molar-refractivity contribution in [1.82, 2.24) is 15.1 Å². The monoisotopic (exact) mass is 328 g/mol. The first kappa shape index (κ1) is 14.3. The number of ether oxygens (including phenoxy) is 1. The Morgan fingerprint density at radius 3 is 3.09 bits per heavy atom. The lowest BCUT2D eigenvalue weighted by Crippen LogP contribution is -2.39. The molecule has 4 heterocycles. The van der Waals surface area contributed by atoms with Gasteiger partial charge in [0.2, 0.25) is 0 Å². The lowest BCUT2D eigenvalue weighted by atomic mass is 10.1. The van der Waals surface area contributed by atoms with Crippen molar-refractivity contribution < 1.29 is 9.26 Å². The second-order valence-electron chi connectivity index (χ2n) is 5.38. The van der Waals surface area contributed by atoms with E-state index in [4.69, 9.17) is 9.26 Å². The van der Waals surface area contributed by atoms with Gasteiger partial charge in [-0.25, -0.2) is 4.98 Å². The summed E-state index contributed by atoms with van der Waals surface area (Å²) < 4.78 is 11.2. The molecule has 0 amide bonds. The van der Waals surface area contributed by atoms with Crippen LogP contribution in [0.3, 0.4) is 0 Å². The number of morpholine rings is 1. The van der Waals surface area contributed by atoms with Gasteiger partial charge >= 0.3 is 0 Å². The lowest BCUT2D eigenvalue weighted by Gasteiger charge is -2.34. The first-order chi connectivity index (χ1) is 11.3. The van der Waals surface area contributed by atoms with E-state index in [2.05, 4.69) is 36.9 Å². The van der Waals surface area contributed by atoms with Gasteiger partial charge in [0, 0.05) is 19.3 Å². The molecule has 0 aromatic carbocycles. The fourth-order valence-electron chi connectivity index (χ4n) is 2.72. The predicted molar refractivity (Wildman–Crippen MR) is 87.5 cm³/mol. The van der Waals surface area contributed by atoms with E-state index < -0.39 is 0 Å². The summed E-state index contributed by atoms with van der Waals surface area (Å²) in [7, 11) is 0. The van der Waals surface area contributed by atoms with E-state index in [9.17, 15) is 0 Å². The van der Waals surface area contributed by atoms with Gasteiger partial charge in [0.1, 0.15) is 11.9 Å². The van der Waals surface area contributed by atoms with Crippen LogP contribution in [0.2, 0.25) is 0 Å². The van der Waals surface area contributed by atoms with Gasteiger partial charge in [-0.3, -0.25) is 0 Å². The highest BCUT2D eigenvalue weighted by molar-refractivity contribution is 7.07. The summed E-state index contributed by atoms with van der Waals surface area (Å²) in [6.07, 6.45) is 1.85. The van der Waals surface area contributed by atoms with E-state index in [1.165, 1.54) is 5.56 Å². The molecule has 0 unspecified atom stereocenters. The van der Waals surface area contributed by atoms with Crippen molar-refractivity contribution >= 4 is 17.2 Å². The summed E-state index contributed by atoms with van der Waals surface area (Å²) in [4.78, 5) is 11.1. The molecule has 3 aromatic heterocycles. The van der Waals surface area contributed by atoms with Crippen LogP contribution in [0.15, 0.2) is 39.7 Å². The van der Waals surface area contributed by atoms with Crippen LogP contribution in [0.4, 0.5) is 5.82 Å². The zero-order valence-electron chi connectivity index (χ0n) is 12.7. The third kappa shape index (κ3) is 2.85. The summed E-state index contributed by atoms with van der Waals surface area (Å²) in [5.41, 5.74) is 2.07. The number of aromatic nitrogens is 3. The zero-order valence-corrected chi connectivity index (χ0v) is 13.5. The zero-order chi connectivity index (χ0) is 15.6. The molecule has 23 heavy (non-hydrogen) atoms. The molecule has 1 aliphatic rings. The van der Waals surface area contributed by atoms with Gasteiger partial charge in [-0.15, -0.1) is 0 Å². The van der Waals surface area contributed by atoms with Crippen LogP contribution in [0.25, 0.3) is 11.5 Å². The van der Waals surface area contributed by atoms with E-state index in [-0.39, 0.29) is 6.10 Å². The Hall–Kier alpha value is -2.25. The highest BCUT2D eigenvalue weighted by Gasteiger charge is 2.26. The van der Waals surface area contributed by atoms with Crippen LogP contribution in [-0.4, -0.2) is 34.8 Å². The number of thiophene rings is 1. The Morgan fingerprint density at radius 1 is 1.35 bits per heavy atom. The maximum Gasteiger partial charge on any atom is 0.261 e. The van der Waals surface area contributed by atoms with E-state index in [1.54, 1.807) is 17.5 Å². The molecule has 1 saturated heterocycles. The van der Waals surface area contributed by atoms with Crippen molar-refractivity contribution in [2.24, 2.45) is 0 Å². The molecular weight excluding hydrogens is 312 g/mol. The largest absolute Gasteiger partial charge is 0.370 e. The second kappa shape index (κ2) is 6.10. The molecule has 0 bridgehead atoms. The third-order valence-corrected chi connectivity index (χ3v) is 4.53. The van der Waals surface area contributed by atoms with E-state index in [0.717, 1.165) is 24.5 Å². The minimum absolute atomic E-state index is 0.0641. The minimum Gasteiger partial charge on any atom is -0.370 e. The molecule has 0 N–H and O–H groups in total. The Morgan fingerprint density at radius 2 is 2.30 bits per heavy atom. The predicted octanol–water partition coefficient (Wildman–Crippen LogP) is 3.08. The summed E-state index contributed by atoms with van der Waals surface area (Å²) in [5.74, 6) is 1.98. The van der Waals surface area contributed by atoms with E-state index in [0.29, 0.717) is 18.3 Å². The molecule has 1 fully saturated rings. The van der Waals surface area contributed by atoms with Crippen molar-refractivity contribution in [3.05, 3.63) is 46.5 Å². The van der Waals surface area contributed by atoms with Crippen LogP contribution in [-0.2, 0) is 4.74 Å². The molecule has 3 aromatic rings. The van der Waals surface area contributed by atoms with Gasteiger partial charge in [0.05, 0.1) is 12.2 Å². The quantitative estimate of drug-likeness (QED) is 0.736. The minimum atomic E-state index is 0.0641. The number of rotatable bonds is 3. The van der Waals surface area contributed by atoms with Crippen molar-refractivity contribution in [3.8, 4) is 11.5 Å². The maximum atomic E-state index is 5.91. The van der Waals surface area contributed by atoms with Gasteiger partial charge in [0.25, 0.3) is 5.89 Å². The number of aryl methyl sites for hydroxylation is 1.